The second-order valence-electron chi connectivity index (χ2n) is 6.44. The van der Waals surface area contributed by atoms with Crippen molar-refractivity contribution in [3.05, 3.63) is 58.6 Å². The fraction of sp³-hybridized carbons (Fsp3) is 0.316. The van der Waals surface area contributed by atoms with Crippen molar-refractivity contribution in [3.8, 4) is 10.9 Å². The van der Waals surface area contributed by atoms with Gasteiger partial charge in [0.05, 0.1) is 12.2 Å². The number of piperidine rings is 1. The Morgan fingerprint density at radius 2 is 2.19 bits per heavy atom. The molecule has 1 aliphatic rings. The summed E-state index contributed by atoms with van der Waals surface area (Å²) in [4.78, 5) is 24.1. The van der Waals surface area contributed by atoms with Crippen LogP contribution in [0, 0.1) is 6.92 Å². The molecule has 1 fully saturated rings. The number of thiazole rings is 1. The largest absolute Gasteiger partial charge is 0.487 e. The van der Waals surface area contributed by atoms with Crippen LogP contribution in [-0.2, 0) is 0 Å². The van der Waals surface area contributed by atoms with E-state index in [-0.39, 0.29) is 12.0 Å². The fourth-order valence-electron chi connectivity index (χ4n) is 3.15. The monoisotopic (exact) mass is 402 g/mol. The van der Waals surface area contributed by atoms with Gasteiger partial charge in [-0.25, -0.2) is 4.98 Å². The molecule has 0 aliphatic carbocycles. The van der Waals surface area contributed by atoms with Gasteiger partial charge in [-0.05, 0) is 31.9 Å². The van der Waals surface area contributed by atoms with E-state index >= 15 is 0 Å². The van der Waals surface area contributed by atoms with E-state index in [1.807, 2.05) is 40.9 Å². The number of amides is 1. The molecule has 3 aromatic heterocycles. The minimum Gasteiger partial charge on any atom is -0.487 e. The number of carbonyl (C=O) groups excluding carboxylic acids is 1. The Morgan fingerprint density at radius 3 is 2.96 bits per heavy atom. The maximum absolute atomic E-state index is 13.1. The molecule has 8 heteroatoms. The van der Waals surface area contributed by atoms with Crippen molar-refractivity contribution in [2.75, 3.05) is 13.1 Å². The lowest BCUT2D eigenvalue weighted by Gasteiger charge is -2.32. The summed E-state index contributed by atoms with van der Waals surface area (Å²) in [5, 5.41) is 1.28. The molecule has 3 aromatic rings. The number of hydrogen-bond donors (Lipinski definition) is 0. The number of hydrogen-bond acceptors (Lipinski definition) is 5. The molecule has 0 bridgehead atoms. The number of nitrogens with zero attached hydrogens (tertiary/aromatic N) is 4. The molecule has 27 heavy (non-hydrogen) atoms. The molecule has 0 N–H and O–H groups in total. The number of pyridine rings is 1. The first-order valence-electron chi connectivity index (χ1n) is 8.78. The molecule has 4 heterocycles. The number of aryl methyl sites for hydroxylation is 1. The highest BCUT2D eigenvalue weighted by Crippen LogP contribution is 2.28. The lowest BCUT2D eigenvalue weighted by molar-refractivity contribution is 0.0541. The summed E-state index contributed by atoms with van der Waals surface area (Å²) in [5.74, 6) is 0.618. The highest BCUT2D eigenvalue weighted by atomic mass is 35.5. The lowest BCUT2D eigenvalue weighted by atomic mass is 10.1. The first kappa shape index (κ1) is 18.0. The molecule has 0 saturated carbocycles. The molecule has 1 unspecified atom stereocenters. The van der Waals surface area contributed by atoms with Gasteiger partial charge in [-0.1, -0.05) is 22.9 Å². The summed E-state index contributed by atoms with van der Waals surface area (Å²) in [5.41, 5.74) is 0.758. The average molecular weight is 403 g/mol. The first-order chi connectivity index (χ1) is 13.1. The zero-order valence-electron chi connectivity index (χ0n) is 14.8. The van der Waals surface area contributed by atoms with Gasteiger partial charge in [-0.15, -0.1) is 0 Å². The summed E-state index contributed by atoms with van der Waals surface area (Å²) in [6, 6.07) is 5.63. The van der Waals surface area contributed by atoms with E-state index in [0.717, 1.165) is 30.2 Å². The maximum Gasteiger partial charge on any atom is 0.266 e. The molecule has 1 aliphatic heterocycles. The van der Waals surface area contributed by atoms with Gasteiger partial charge >= 0.3 is 0 Å². The second-order valence-corrected chi connectivity index (χ2v) is 7.83. The molecule has 0 spiro atoms. The number of halogens is 1. The number of rotatable bonds is 4. The van der Waals surface area contributed by atoms with Crippen molar-refractivity contribution in [3.63, 3.8) is 0 Å². The lowest BCUT2D eigenvalue weighted by Crippen LogP contribution is -2.44. The summed E-state index contributed by atoms with van der Waals surface area (Å²) in [6.45, 7) is 3.14. The minimum atomic E-state index is -0.0836. The summed E-state index contributed by atoms with van der Waals surface area (Å²) in [6.07, 6.45) is 8.76. The molecule has 1 amide bonds. The van der Waals surface area contributed by atoms with E-state index < -0.39 is 0 Å². The third kappa shape index (κ3) is 3.84. The minimum absolute atomic E-state index is 0.0116. The Bertz CT molecular complexity index is 941. The Hall–Kier alpha value is -2.38. The molecule has 0 aromatic carbocycles. The van der Waals surface area contributed by atoms with Crippen molar-refractivity contribution >= 4 is 28.8 Å². The van der Waals surface area contributed by atoms with Crippen LogP contribution < -0.4 is 4.74 Å². The van der Waals surface area contributed by atoms with Gasteiger partial charge in [0.15, 0.2) is 5.13 Å². The standard InChI is InChI=1S/C19H19ClN4O2S/c1-13-17(27-19(22-13)23-8-2-3-9-23)18(25)24-10-4-5-14(12-24)26-16-6-7-21-11-15(16)20/h2-3,6-9,11,14H,4-5,10,12H2,1H3. The normalized spacial score (nSPS) is 17.1. The van der Waals surface area contributed by atoms with Gasteiger partial charge in [-0.2, -0.15) is 0 Å². The highest BCUT2D eigenvalue weighted by Gasteiger charge is 2.28. The van der Waals surface area contributed by atoms with E-state index in [2.05, 4.69) is 9.97 Å². The molecule has 1 atom stereocenters. The quantitative estimate of drug-likeness (QED) is 0.662. The maximum atomic E-state index is 13.1. The predicted molar refractivity (Wildman–Crippen MR) is 105 cm³/mol. The molecule has 140 valence electrons. The van der Waals surface area contributed by atoms with Crippen LogP contribution >= 0.6 is 22.9 Å². The van der Waals surface area contributed by atoms with Crippen molar-refractivity contribution in [2.24, 2.45) is 0 Å². The molecular weight excluding hydrogens is 384 g/mol. The summed E-state index contributed by atoms with van der Waals surface area (Å²) in [7, 11) is 0. The molecule has 4 rings (SSSR count). The Balaban J connectivity index is 1.48. The van der Waals surface area contributed by atoms with E-state index in [4.69, 9.17) is 16.3 Å². The van der Waals surface area contributed by atoms with Crippen LogP contribution in [0.2, 0.25) is 5.02 Å². The number of ether oxygens (including phenoxy) is 1. The third-order valence-electron chi connectivity index (χ3n) is 4.50. The zero-order chi connectivity index (χ0) is 18.8. The summed E-state index contributed by atoms with van der Waals surface area (Å²) < 4.78 is 7.93. The highest BCUT2D eigenvalue weighted by molar-refractivity contribution is 7.16. The number of aromatic nitrogens is 3. The summed E-state index contributed by atoms with van der Waals surface area (Å²) >= 11 is 7.55. The Morgan fingerprint density at radius 1 is 1.37 bits per heavy atom. The van der Waals surface area contributed by atoms with Crippen LogP contribution in [0.5, 0.6) is 5.75 Å². The van der Waals surface area contributed by atoms with Crippen molar-refractivity contribution in [1.82, 2.24) is 19.4 Å². The van der Waals surface area contributed by atoms with Crippen LogP contribution in [0.3, 0.4) is 0 Å². The molecular formula is C19H19ClN4O2S. The van der Waals surface area contributed by atoms with E-state index in [1.54, 1.807) is 18.5 Å². The Kier molecular flexibility index (Phi) is 5.13. The zero-order valence-corrected chi connectivity index (χ0v) is 16.4. The van der Waals surface area contributed by atoms with Crippen LogP contribution in [0.25, 0.3) is 5.13 Å². The number of carbonyl (C=O) groups is 1. The van der Waals surface area contributed by atoms with Crippen LogP contribution in [0.15, 0.2) is 43.0 Å². The van der Waals surface area contributed by atoms with E-state index in [0.29, 0.717) is 22.2 Å². The number of likely N-dealkylation sites (tertiary alicyclic amines) is 1. The van der Waals surface area contributed by atoms with E-state index in [9.17, 15) is 4.79 Å². The topological polar surface area (TPSA) is 60.2 Å². The average Bonchev–Trinajstić information content (AvgIpc) is 3.33. The SMILES string of the molecule is Cc1nc(-n2cccc2)sc1C(=O)N1CCCC(Oc2ccncc2Cl)C1. The molecule has 1 saturated heterocycles. The fourth-order valence-corrected chi connectivity index (χ4v) is 4.32. The van der Waals surface area contributed by atoms with Gasteiger partial charge in [0.25, 0.3) is 5.91 Å². The van der Waals surface area contributed by atoms with E-state index in [1.165, 1.54) is 11.3 Å². The van der Waals surface area contributed by atoms with Gasteiger partial charge < -0.3 is 14.2 Å². The van der Waals surface area contributed by atoms with Crippen LogP contribution in [-0.4, -0.2) is 44.5 Å². The second kappa shape index (κ2) is 7.70. The molecule has 0 radical (unpaired) electrons. The van der Waals surface area contributed by atoms with Crippen molar-refractivity contribution in [2.45, 2.75) is 25.9 Å². The van der Waals surface area contributed by atoms with Crippen molar-refractivity contribution < 1.29 is 9.53 Å². The van der Waals surface area contributed by atoms with Crippen molar-refractivity contribution in [1.29, 1.82) is 0 Å². The van der Waals surface area contributed by atoms with Crippen LogP contribution in [0.1, 0.15) is 28.2 Å². The Labute approximate surface area is 166 Å². The predicted octanol–water partition coefficient (Wildman–Crippen LogP) is 3.97. The van der Waals surface area contributed by atoms with Gasteiger partial charge in [-0.3, -0.25) is 9.78 Å². The van der Waals surface area contributed by atoms with Gasteiger partial charge in [0, 0.05) is 37.4 Å². The third-order valence-corrected chi connectivity index (χ3v) is 5.94. The van der Waals surface area contributed by atoms with Gasteiger partial charge in [0.2, 0.25) is 0 Å². The first-order valence-corrected chi connectivity index (χ1v) is 9.97. The smallest absolute Gasteiger partial charge is 0.266 e. The van der Waals surface area contributed by atoms with Crippen LogP contribution in [0.4, 0.5) is 0 Å². The van der Waals surface area contributed by atoms with Gasteiger partial charge in [0.1, 0.15) is 21.8 Å². The molecule has 6 nitrogen and oxygen atoms in total.